The zero-order valence-electron chi connectivity index (χ0n) is 8.99. The molecule has 1 saturated carbocycles. The van der Waals surface area contributed by atoms with E-state index >= 15 is 0 Å². The van der Waals surface area contributed by atoms with Gasteiger partial charge in [-0.15, -0.1) is 0 Å². The van der Waals surface area contributed by atoms with Crippen molar-refractivity contribution in [2.45, 2.75) is 26.2 Å². The summed E-state index contributed by atoms with van der Waals surface area (Å²) < 4.78 is 0. The molecule has 0 atom stereocenters. The zero-order valence-corrected chi connectivity index (χ0v) is 11.3. The molecular weight excluding hydrogens is 266 g/mol. The highest BCUT2D eigenvalue weighted by molar-refractivity contribution is 6.42. The van der Waals surface area contributed by atoms with Crippen LogP contribution in [0.3, 0.4) is 0 Å². The van der Waals surface area contributed by atoms with Crippen LogP contribution in [0.25, 0.3) is 0 Å². The summed E-state index contributed by atoms with van der Waals surface area (Å²) in [5.41, 5.74) is 0.372. The van der Waals surface area contributed by atoms with Gasteiger partial charge in [0, 0.05) is 6.54 Å². The Balaban J connectivity index is 2.06. The van der Waals surface area contributed by atoms with Gasteiger partial charge in [-0.05, 0) is 24.3 Å². The summed E-state index contributed by atoms with van der Waals surface area (Å²) in [6.07, 6.45) is 3.80. The molecule has 16 heavy (non-hydrogen) atoms. The number of halogens is 3. The van der Waals surface area contributed by atoms with E-state index < -0.39 is 0 Å². The van der Waals surface area contributed by atoms with Gasteiger partial charge in [0.1, 0.15) is 11.0 Å². The first-order valence-electron chi connectivity index (χ1n) is 5.26. The summed E-state index contributed by atoms with van der Waals surface area (Å²) in [6, 6.07) is 1.61. The van der Waals surface area contributed by atoms with Gasteiger partial charge in [-0.3, -0.25) is 0 Å². The van der Waals surface area contributed by atoms with Crippen LogP contribution < -0.4 is 5.32 Å². The zero-order chi connectivity index (χ0) is 11.8. The molecule has 1 aliphatic rings. The van der Waals surface area contributed by atoms with Gasteiger partial charge in [-0.25, -0.2) is 4.98 Å². The molecule has 2 nitrogen and oxygen atoms in total. The standard InChI is InChI=1S/C11H13Cl3N2/c1-11(3-2-4-11)6-15-10-8(13)5-7(12)9(14)16-10/h5H,2-4,6H2,1H3,(H,15,16). The topological polar surface area (TPSA) is 24.9 Å². The van der Waals surface area contributed by atoms with Crippen molar-refractivity contribution in [1.29, 1.82) is 0 Å². The molecule has 0 spiro atoms. The lowest BCUT2D eigenvalue weighted by Gasteiger charge is -2.38. The van der Waals surface area contributed by atoms with Crippen LogP contribution in [0.5, 0.6) is 0 Å². The highest BCUT2D eigenvalue weighted by atomic mass is 35.5. The molecule has 0 unspecified atom stereocenters. The normalized spacial score (nSPS) is 18.0. The third-order valence-electron chi connectivity index (χ3n) is 3.13. The maximum atomic E-state index is 6.02. The van der Waals surface area contributed by atoms with Gasteiger partial charge in [0.05, 0.1) is 10.0 Å². The number of anilines is 1. The summed E-state index contributed by atoms with van der Waals surface area (Å²) in [5, 5.41) is 4.41. The molecule has 1 aliphatic carbocycles. The van der Waals surface area contributed by atoms with E-state index in [1.54, 1.807) is 6.07 Å². The van der Waals surface area contributed by atoms with Crippen LogP contribution in [0.15, 0.2) is 6.07 Å². The van der Waals surface area contributed by atoms with Crippen molar-refractivity contribution < 1.29 is 0 Å². The van der Waals surface area contributed by atoms with Gasteiger partial charge in [-0.2, -0.15) is 0 Å². The number of nitrogens with one attached hydrogen (secondary N) is 1. The lowest BCUT2D eigenvalue weighted by atomic mass is 9.70. The van der Waals surface area contributed by atoms with Gasteiger partial charge in [-0.1, -0.05) is 48.1 Å². The molecule has 0 saturated heterocycles. The van der Waals surface area contributed by atoms with E-state index in [4.69, 9.17) is 34.8 Å². The molecule has 1 heterocycles. The average molecular weight is 280 g/mol. The third-order valence-corrected chi connectivity index (χ3v) is 4.09. The molecular formula is C11H13Cl3N2. The van der Waals surface area contributed by atoms with E-state index in [-0.39, 0.29) is 5.15 Å². The molecule has 0 bridgehead atoms. The second-order valence-electron chi connectivity index (χ2n) is 4.61. The van der Waals surface area contributed by atoms with Crippen LogP contribution >= 0.6 is 34.8 Å². The first-order valence-corrected chi connectivity index (χ1v) is 6.39. The first-order chi connectivity index (χ1) is 7.50. The van der Waals surface area contributed by atoms with Crippen molar-refractivity contribution in [2.75, 3.05) is 11.9 Å². The van der Waals surface area contributed by atoms with Gasteiger partial charge in [0.25, 0.3) is 0 Å². The van der Waals surface area contributed by atoms with E-state index in [1.807, 2.05) is 0 Å². The molecule has 1 fully saturated rings. The molecule has 0 amide bonds. The smallest absolute Gasteiger partial charge is 0.150 e. The average Bonchev–Trinajstić information content (AvgIpc) is 2.19. The minimum absolute atomic E-state index is 0.285. The summed E-state index contributed by atoms with van der Waals surface area (Å²) in [4.78, 5) is 4.12. The van der Waals surface area contributed by atoms with Crippen LogP contribution in [0.4, 0.5) is 5.82 Å². The molecule has 1 aromatic rings. The summed E-state index contributed by atoms with van der Waals surface area (Å²) in [6.45, 7) is 3.13. The first kappa shape index (κ1) is 12.3. The number of hydrogen-bond acceptors (Lipinski definition) is 2. The Morgan fingerprint density at radius 1 is 1.31 bits per heavy atom. The van der Waals surface area contributed by atoms with Gasteiger partial charge in [0.15, 0.2) is 0 Å². The fourth-order valence-corrected chi connectivity index (χ4v) is 2.39. The molecule has 0 aromatic carbocycles. The monoisotopic (exact) mass is 278 g/mol. The summed E-state index contributed by atoms with van der Waals surface area (Å²) >= 11 is 17.7. The molecule has 0 radical (unpaired) electrons. The number of nitrogens with zero attached hydrogens (tertiary/aromatic N) is 1. The molecule has 5 heteroatoms. The molecule has 88 valence electrons. The molecule has 2 rings (SSSR count). The minimum Gasteiger partial charge on any atom is -0.368 e. The fraction of sp³-hybridized carbons (Fsp3) is 0.545. The highest BCUT2D eigenvalue weighted by Gasteiger charge is 2.31. The predicted octanol–water partition coefficient (Wildman–Crippen LogP) is 4.64. The molecule has 1 aromatic heterocycles. The molecule has 0 aliphatic heterocycles. The van der Waals surface area contributed by atoms with E-state index in [1.165, 1.54) is 19.3 Å². The van der Waals surface area contributed by atoms with Crippen molar-refractivity contribution >= 4 is 40.6 Å². The Hall–Kier alpha value is -0.180. The van der Waals surface area contributed by atoms with Crippen molar-refractivity contribution in [3.05, 3.63) is 21.3 Å². The van der Waals surface area contributed by atoms with E-state index in [0.717, 1.165) is 6.54 Å². The Morgan fingerprint density at radius 2 is 2.00 bits per heavy atom. The Bertz CT molecular complexity index is 402. The fourth-order valence-electron chi connectivity index (χ4n) is 1.82. The number of pyridine rings is 1. The van der Waals surface area contributed by atoms with Crippen LogP contribution in [0.1, 0.15) is 26.2 Å². The predicted molar refractivity (Wildman–Crippen MR) is 69.7 cm³/mol. The second kappa shape index (κ2) is 4.59. The highest BCUT2D eigenvalue weighted by Crippen LogP contribution is 2.40. The minimum atomic E-state index is 0.285. The van der Waals surface area contributed by atoms with Crippen LogP contribution in [0, 0.1) is 5.41 Å². The SMILES string of the molecule is CC1(CNc2nc(Cl)c(Cl)cc2Cl)CCC1. The maximum absolute atomic E-state index is 6.02. The van der Waals surface area contributed by atoms with Crippen molar-refractivity contribution in [3.8, 4) is 0 Å². The number of hydrogen-bond donors (Lipinski definition) is 1. The van der Waals surface area contributed by atoms with E-state index in [9.17, 15) is 0 Å². The number of aromatic nitrogens is 1. The Morgan fingerprint density at radius 3 is 2.56 bits per heavy atom. The molecule has 1 N–H and O–H groups in total. The lowest BCUT2D eigenvalue weighted by Crippen LogP contribution is -2.33. The van der Waals surface area contributed by atoms with Crippen LogP contribution in [0.2, 0.25) is 15.2 Å². The van der Waals surface area contributed by atoms with Gasteiger partial charge < -0.3 is 5.32 Å². The second-order valence-corrected chi connectivity index (χ2v) is 5.78. The third kappa shape index (κ3) is 2.55. The van der Waals surface area contributed by atoms with Crippen molar-refractivity contribution in [3.63, 3.8) is 0 Å². The van der Waals surface area contributed by atoms with E-state index in [0.29, 0.717) is 21.3 Å². The maximum Gasteiger partial charge on any atom is 0.150 e. The quantitative estimate of drug-likeness (QED) is 0.815. The van der Waals surface area contributed by atoms with Gasteiger partial charge in [0.2, 0.25) is 0 Å². The Kier molecular flexibility index (Phi) is 3.53. The largest absolute Gasteiger partial charge is 0.368 e. The summed E-state index contributed by atoms with van der Waals surface area (Å²) in [7, 11) is 0. The van der Waals surface area contributed by atoms with Crippen LogP contribution in [-0.2, 0) is 0 Å². The van der Waals surface area contributed by atoms with Crippen molar-refractivity contribution in [2.24, 2.45) is 5.41 Å². The van der Waals surface area contributed by atoms with Gasteiger partial charge >= 0.3 is 0 Å². The van der Waals surface area contributed by atoms with E-state index in [2.05, 4.69) is 17.2 Å². The lowest BCUT2D eigenvalue weighted by molar-refractivity contribution is 0.180. The Labute approximate surface area is 110 Å². The van der Waals surface area contributed by atoms with Crippen LogP contribution in [-0.4, -0.2) is 11.5 Å². The number of rotatable bonds is 3. The summed E-state index contributed by atoms with van der Waals surface area (Å²) in [5.74, 6) is 0.615. The van der Waals surface area contributed by atoms with Crippen molar-refractivity contribution in [1.82, 2.24) is 4.98 Å².